The van der Waals surface area contributed by atoms with Gasteiger partial charge >= 0.3 is 29.6 Å². The number of benzene rings is 1. The Balaban J connectivity index is 0.00000261. The third-order valence-electron chi connectivity index (χ3n) is 4.08. The maximum absolute atomic E-state index is 12.4. The molecule has 0 spiro atoms. The van der Waals surface area contributed by atoms with Crippen LogP contribution in [0.5, 0.6) is 0 Å². The van der Waals surface area contributed by atoms with Crippen molar-refractivity contribution in [2.45, 2.75) is 11.4 Å². The summed E-state index contributed by atoms with van der Waals surface area (Å²) >= 11 is 1.21. The quantitative estimate of drug-likeness (QED) is 0.148. The first-order chi connectivity index (χ1) is 12.5. The largest absolute Gasteiger partial charge is 1.00 e. The molecule has 0 radical (unpaired) electrons. The summed E-state index contributed by atoms with van der Waals surface area (Å²) < 4.78 is 0. The zero-order valence-electron chi connectivity index (χ0n) is 14.3. The normalized spacial score (nSPS) is 21.7. The van der Waals surface area contributed by atoms with Crippen LogP contribution in [0, 0.1) is 0 Å². The Hall–Kier alpha value is -1.85. The number of carboxylic acids is 1. The molecule has 0 saturated carbocycles. The Labute approximate surface area is 180 Å². The molecule has 27 heavy (non-hydrogen) atoms. The van der Waals surface area contributed by atoms with E-state index in [4.69, 9.17) is 5.21 Å². The van der Waals surface area contributed by atoms with Crippen LogP contribution in [-0.4, -0.2) is 62.5 Å². The van der Waals surface area contributed by atoms with Crippen LogP contribution in [0.1, 0.15) is 5.56 Å². The average Bonchev–Trinajstić information content (AvgIpc) is 2.66. The number of hydrogen-bond donors (Lipinski definition) is 3. The number of carboxylic acid groups (broad SMARTS) is 1. The summed E-state index contributed by atoms with van der Waals surface area (Å²) in [4.78, 5) is 37.0. The molecular formula is C16H14N3NaO6S. The number of β-lactam (4-membered cyclic amide) rings is 1. The second-order valence-corrected chi connectivity index (χ2v) is 6.68. The van der Waals surface area contributed by atoms with Gasteiger partial charge in [0.1, 0.15) is 11.4 Å². The smallest absolute Gasteiger partial charge is 0.543 e. The Morgan fingerprint density at radius 3 is 2.56 bits per heavy atom. The first kappa shape index (κ1) is 21.5. The van der Waals surface area contributed by atoms with E-state index >= 15 is 0 Å². The number of rotatable bonds is 5. The summed E-state index contributed by atoms with van der Waals surface area (Å²) in [6.45, 7) is -0.501. The summed E-state index contributed by atoms with van der Waals surface area (Å²) in [7, 11) is 0. The van der Waals surface area contributed by atoms with Gasteiger partial charge in [-0.1, -0.05) is 35.5 Å². The number of aliphatic hydroxyl groups is 1. The van der Waals surface area contributed by atoms with Crippen molar-refractivity contribution in [3.63, 3.8) is 0 Å². The molecule has 1 fully saturated rings. The number of thioether (sulfide) groups is 1. The van der Waals surface area contributed by atoms with Gasteiger partial charge in [0.25, 0.3) is 11.8 Å². The van der Waals surface area contributed by atoms with Crippen LogP contribution in [0.15, 0.2) is 46.8 Å². The van der Waals surface area contributed by atoms with Gasteiger partial charge in [-0.2, -0.15) is 0 Å². The minimum absolute atomic E-state index is 0. The van der Waals surface area contributed by atoms with Gasteiger partial charge in [-0.15, -0.1) is 11.8 Å². The number of hydrogen-bond acceptors (Lipinski definition) is 8. The molecule has 2 amide bonds. The van der Waals surface area contributed by atoms with E-state index in [0.717, 1.165) is 4.90 Å². The van der Waals surface area contributed by atoms with Crippen LogP contribution in [0.3, 0.4) is 0 Å². The van der Waals surface area contributed by atoms with Gasteiger partial charge in [-0.25, -0.2) is 0 Å². The van der Waals surface area contributed by atoms with Crippen molar-refractivity contribution >= 4 is 35.3 Å². The van der Waals surface area contributed by atoms with Gasteiger partial charge in [0.2, 0.25) is 0 Å². The third kappa shape index (κ3) is 3.90. The van der Waals surface area contributed by atoms with Gasteiger partial charge in [-0.3, -0.25) is 14.5 Å². The summed E-state index contributed by atoms with van der Waals surface area (Å²) in [5, 5.41) is 34.5. The summed E-state index contributed by atoms with van der Waals surface area (Å²) in [5.41, 5.74) is -0.0631. The maximum Gasteiger partial charge on any atom is 1.00 e. The molecule has 1 saturated heterocycles. The van der Waals surface area contributed by atoms with E-state index < -0.39 is 35.8 Å². The van der Waals surface area contributed by atoms with Gasteiger partial charge < -0.3 is 25.5 Å². The minimum atomic E-state index is -1.56. The Bertz CT molecular complexity index is 829. The van der Waals surface area contributed by atoms with Crippen LogP contribution >= 0.6 is 11.8 Å². The van der Waals surface area contributed by atoms with E-state index in [1.807, 2.05) is 0 Å². The van der Waals surface area contributed by atoms with Crippen molar-refractivity contribution in [3.05, 3.63) is 47.2 Å². The number of nitrogens with one attached hydrogen (secondary N) is 1. The van der Waals surface area contributed by atoms with Crippen LogP contribution in [-0.2, 0) is 14.4 Å². The first-order valence-electron chi connectivity index (χ1n) is 7.56. The van der Waals surface area contributed by atoms with Crippen molar-refractivity contribution in [1.82, 2.24) is 10.2 Å². The van der Waals surface area contributed by atoms with Gasteiger partial charge in [0.15, 0.2) is 5.71 Å². The molecule has 0 bridgehead atoms. The molecule has 2 heterocycles. The SMILES string of the molecule is O=C([O-])C1=C(CO)CS[C@@H]2[C@H](NC(=O)C(=NO)c3ccccc3)C(=O)N12.[Na+]. The van der Waals surface area contributed by atoms with E-state index in [1.165, 1.54) is 11.8 Å². The molecule has 0 aliphatic carbocycles. The molecule has 2 atom stereocenters. The van der Waals surface area contributed by atoms with E-state index in [-0.39, 0.29) is 52.3 Å². The predicted molar refractivity (Wildman–Crippen MR) is 88.9 cm³/mol. The number of aliphatic hydroxyl groups excluding tert-OH is 1. The molecule has 3 rings (SSSR count). The Morgan fingerprint density at radius 1 is 1.33 bits per heavy atom. The van der Waals surface area contributed by atoms with Crippen molar-refractivity contribution in [2.75, 3.05) is 12.4 Å². The molecule has 3 N–H and O–H groups in total. The number of oxime groups is 1. The fraction of sp³-hybridized carbons (Fsp3) is 0.250. The molecular weight excluding hydrogens is 385 g/mol. The second-order valence-electron chi connectivity index (χ2n) is 5.57. The number of carbonyl (C=O) groups excluding carboxylic acids is 3. The van der Waals surface area contributed by atoms with E-state index in [0.29, 0.717) is 5.56 Å². The molecule has 0 unspecified atom stereocenters. The van der Waals surface area contributed by atoms with Crippen molar-refractivity contribution in [3.8, 4) is 0 Å². The third-order valence-corrected chi connectivity index (χ3v) is 5.42. The van der Waals surface area contributed by atoms with Crippen molar-refractivity contribution < 1.29 is 59.4 Å². The molecule has 136 valence electrons. The first-order valence-corrected chi connectivity index (χ1v) is 8.61. The van der Waals surface area contributed by atoms with Crippen molar-refractivity contribution in [1.29, 1.82) is 0 Å². The summed E-state index contributed by atoms with van der Waals surface area (Å²) in [5.74, 6) is -2.75. The van der Waals surface area contributed by atoms with Crippen LogP contribution in [0.25, 0.3) is 0 Å². The van der Waals surface area contributed by atoms with E-state index in [2.05, 4.69) is 10.5 Å². The fourth-order valence-electron chi connectivity index (χ4n) is 2.83. The number of aliphatic carboxylic acids is 1. The zero-order valence-corrected chi connectivity index (χ0v) is 17.1. The van der Waals surface area contributed by atoms with E-state index in [1.54, 1.807) is 30.3 Å². The molecule has 0 aromatic heterocycles. The predicted octanol–water partition coefficient (Wildman–Crippen LogP) is -4.73. The fourth-order valence-corrected chi connectivity index (χ4v) is 4.17. The molecule has 2 aliphatic heterocycles. The summed E-state index contributed by atoms with van der Waals surface area (Å²) in [6.07, 6.45) is 0. The number of carbonyl (C=O) groups is 3. The molecule has 1 aromatic rings. The topological polar surface area (TPSA) is 142 Å². The molecule has 9 nitrogen and oxygen atoms in total. The van der Waals surface area contributed by atoms with Gasteiger partial charge in [0.05, 0.1) is 18.3 Å². The number of nitrogens with zero attached hydrogens (tertiary/aromatic N) is 2. The molecule has 2 aliphatic rings. The van der Waals surface area contributed by atoms with E-state index in [9.17, 15) is 24.6 Å². The number of amides is 2. The van der Waals surface area contributed by atoms with Gasteiger partial charge in [-0.05, 0) is 5.57 Å². The van der Waals surface area contributed by atoms with Crippen LogP contribution < -0.4 is 40.0 Å². The Kier molecular flexibility index (Phi) is 7.06. The number of fused-ring (bicyclic) bond motifs is 1. The molecule has 1 aromatic carbocycles. The van der Waals surface area contributed by atoms with Crippen molar-refractivity contribution in [2.24, 2.45) is 5.16 Å². The van der Waals surface area contributed by atoms with Gasteiger partial charge in [0, 0.05) is 11.3 Å². The monoisotopic (exact) mass is 399 g/mol. The van der Waals surface area contributed by atoms with Crippen LogP contribution in [0.2, 0.25) is 0 Å². The maximum atomic E-state index is 12.4. The summed E-state index contributed by atoms with van der Waals surface area (Å²) in [6, 6.07) is 7.23. The Morgan fingerprint density at radius 2 is 2.00 bits per heavy atom. The zero-order chi connectivity index (χ0) is 18.8. The molecule has 11 heteroatoms. The second kappa shape index (κ2) is 8.89. The minimum Gasteiger partial charge on any atom is -0.543 e. The van der Waals surface area contributed by atoms with Crippen LogP contribution in [0.4, 0.5) is 0 Å². The average molecular weight is 399 g/mol. The standard InChI is InChI=1S/C16H15N3O6S.Na/c20-6-9-7-26-15-11(14(22)19(15)12(9)16(23)24)17-13(21)10(18-25)8-4-2-1-3-5-8;/h1-5,11,15,20,25H,6-7H2,(H,17,21)(H,23,24);/q;+1/p-1/t11-,15-;/m1./s1.